The minimum absolute atomic E-state index is 0.240. The predicted octanol–water partition coefficient (Wildman–Crippen LogP) is 0.923. The zero-order valence-electron chi connectivity index (χ0n) is 15.2. The zero-order chi connectivity index (χ0) is 19.2. The Labute approximate surface area is 156 Å². The number of nitrogens with zero attached hydrogens (tertiary/aromatic N) is 2. The van der Waals surface area contributed by atoms with Crippen LogP contribution in [0.5, 0.6) is 11.6 Å². The van der Waals surface area contributed by atoms with Gasteiger partial charge in [0.05, 0.1) is 19.3 Å². The molecule has 2 unspecified atom stereocenters. The first-order chi connectivity index (χ1) is 12.9. The van der Waals surface area contributed by atoms with Crippen LogP contribution in [0.25, 0.3) is 0 Å². The second-order valence-electron chi connectivity index (χ2n) is 7.05. The van der Waals surface area contributed by atoms with Crippen LogP contribution in [0.15, 0.2) is 35.3 Å². The molecule has 1 aromatic heterocycles. The minimum Gasteiger partial charge on any atom is -0.497 e. The third-order valence-electron chi connectivity index (χ3n) is 5.19. The highest BCUT2D eigenvalue weighted by Crippen LogP contribution is 2.52. The van der Waals surface area contributed by atoms with Crippen molar-refractivity contribution in [2.75, 3.05) is 7.11 Å². The van der Waals surface area contributed by atoms with Crippen LogP contribution in [-0.4, -0.2) is 44.7 Å². The first kappa shape index (κ1) is 18.0. The van der Waals surface area contributed by atoms with Crippen LogP contribution in [0.3, 0.4) is 0 Å². The molecule has 1 saturated heterocycles. The summed E-state index contributed by atoms with van der Waals surface area (Å²) in [5.74, 6) is 1.01. The number of aliphatic hydroxyl groups is 2. The molecule has 8 nitrogen and oxygen atoms in total. The van der Waals surface area contributed by atoms with E-state index in [1.54, 1.807) is 20.2 Å². The summed E-state index contributed by atoms with van der Waals surface area (Å²) >= 11 is 0. The van der Waals surface area contributed by atoms with Crippen LogP contribution in [0.2, 0.25) is 0 Å². The van der Waals surface area contributed by atoms with Crippen LogP contribution in [0.1, 0.15) is 30.2 Å². The van der Waals surface area contributed by atoms with Crippen molar-refractivity contribution in [3.05, 3.63) is 52.1 Å². The molecule has 144 valence electrons. The quantitative estimate of drug-likeness (QED) is 0.802. The number of ether oxygens (including phenoxy) is 3. The third-order valence-corrected chi connectivity index (χ3v) is 5.19. The van der Waals surface area contributed by atoms with Gasteiger partial charge in [-0.2, -0.15) is 4.98 Å². The number of aryl methyl sites for hydroxylation is 1. The molecule has 1 spiro atoms. The summed E-state index contributed by atoms with van der Waals surface area (Å²) in [5, 5.41) is 19.8. The van der Waals surface area contributed by atoms with Gasteiger partial charge >= 0.3 is 5.69 Å². The summed E-state index contributed by atoms with van der Waals surface area (Å²) in [4.78, 5) is 16.4. The molecular formula is C19H22N2O6. The molecule has 1 aliphatic carbocycles. The maximum atomic E-state index is 12.4. The van der Waals surface area contributed by atoms with E-state index in [0.29, 0.717) is 12.0 Å². The van der Waals surface area contributed by atoms with Crippen molar-refractivity contribution >= 4 is 0 Å². The fourth-order valence-electron chi connectivity index (χ4n) is 3.45. The molecule has 8 heteroatoms. The smallest absolute Gasteiger partial charge is 0.352 e. The van der Waals surface area contributed by atoms with Gasteiger partial charge in [0.1, 0.15) is 24.2 Å². The Morgan fingerprint density at radius 3 is 2.59 bits per heavy atom. The van der Waals surface area contributed by atoms with Crippen molar-refractivity contribution in [2.45, 2.75) is 50.4 Å². The third kappa shape index (κ3) is 3.20. The van der Waals surface area contributed by atoms with Crippen molar-refractivity contribution in [3.8, 4) is 11.6 Å². The monoisotopic (exact) mass is 374 g/mol. The Morgan fingerprint density at radius 1 is 1.30 bits per heavy atom. The fraction of sp³-hybridized carbons (Fsp3) is 0.474. The number of rotatable bonds is 5. The van der Waals surface area contributed by atoms with Crippen LogP contribution in [-0.2, 0) is 11.3 Å². The maximum absolute atomic E-state index is 12.4. The Hall–Kier alpha value is -2.42. The summed E-state index contributed by atoms with van der Waals surface area (Å²) < 4.78 is 17.9. The molecule has 2 heterocycles. The molecule has 2 N–H and O–H groups in total. The highest BCUT2D eigenvalue weighted by Gasteiger charge is 2.65. The Morgan fingerprint density at radius 2 is 2.00 bits per heavy atom. The van der Waals surface area contributed by atoms with Crippen molar-refractivity contribution in [1.29, 1.82) is 0 Å². The van der Waals surface area contributed by atoms with E-state index in [0.717, 1.165) is 11.3 Å². The lowest BCUT2D eigenvalue weighted by atomic mass is 10.1. The number of aromatic nitrogens is 2. The Kier molecular flexibility index (Phi) is 4.41. The van der Waals surface area contributed by atoms with Gasteiger partial charge in [0.15, 0.2) is 0 Å². The van der Waals surface area contributed by atoms with Crippen molar-refractivity contribution in [3.63, 3.8) is 0 Å². The van der Waals surface area contributed by atoms with Gasteiger partial charge in [0.25, 0.3) is 0 Å². The van der Waals surface area contributed by atoms with E-state index in [2.05, 4.69) is 4.98 Å². The van der Waals surface area contributed by atoms with Gasteiger partial charge in [-0.25, -0.2) is 4.79 Å². The normalized spacial score (nSPS) is 29.1. The van der Waals surface area contributed by atoms with E-state index in [1.807, 2.05) is 24.3 Å². The summed E-state index contributed by atoms with van der Waals surface area (Å²) in [6, 6.07) is 7.43. The predicted molar refractivity (Wildman–Crippen MR) is 94.7 cm³/mol. The molecule has 1 saturated carbocycles. The van der Waals surface area contributed by atoms with Gasteiger partial charge in [0, 0.05) is 24.6 Å². The highest BCUT2D eigenvalue weighted by atomic mass is 16.6. The molecule has 2 aliphatic rings. The number of methoxy groups -OCH3 is 1. The summed E-state index contributed by atoms with van der Waals surface area (Å²) in [6.45, 7) is 2.06. The van der Waals surface area contributed by atoms with E-state index in [1.165, 1.54) is 4.57 Å². The molecule has 1 aromatic carbocycles. The summed E-state index contributed by atoms with van der Waals surface area (Å²) in [5.41, 5.74) is 0.156. The maximum Gasteiger partial charge on any atom is 0.352 e. The Bertz CT molecular complexity index is 896. The number of aliphatic hydroxyl groups excluding tert-OH is 2. The first-order valence-electron chi connectivity index (χ1n) is 8.82. The summed E-state index contributed by atoms with van der Waals surface area (Å²) in [7, 11) is 1.60. The largest absolute Gasteiger partial charge is 0.497 e. The van der Waals surface area contributed by atoms with Gasteiger partial charge in [0.2, 0.25) is 5.88 Å². The molecule has 0 radical (unpaired) electrons. The lowest BCUT2D eigenvalue weighted by Crippen LogP contribution is -2.29. The molecule has 0 amide bonds. The van der Waals surface area contributed by atoms with E-state index >= 15 is 0 Å². The molecular weight excluding hydrogens is 352 g/mol. The highest BCUT2D eigenvalue weighted by molar-refractivity contribution is 5.28. The number of hydrogen-bond donors (Lipinski definition) is 2. The number of hydrogen-bond acceptors (Lipinski definition) is 7. The molecule has 4 rings (SSSR count). The van der Waals surface area contributed by atoms with Crippen LogP contribution >= 0.6 is 0 Å². The second kappa shape index (κ2) is 6.63. The van der Waals surface area contributed by atoms with Crippen molar-refractivity contribution in [1.82, 2.24) is 9.55 Å². The van der Waals surface area contributed by atoms with Gasteiger partial charge < -0.3 is 24.4 Å². The molecule has 1 aliphatic heterocycles. The topological polar surface area (TPSA) is 103 Å². The zero-order valence-corrected chi connectivity index (χ0v) is 15.2. The number of benzene rings is 1. The molecule has 4 atom stereocenters. The minimum atomic E-state index is -0.929. The van der Waals surface area contributed by atoms with Crippen LogP contribution in [0.4, 0.5) is 0 Å². The van der Waals surface area contributed by atoms with Gasteiger partial charge in [-0.05, 0) is 24.6 Å². The standard InChI is InChI=1S/C19H22N2O6/c1-11-9-21(16-7-14(22)19(27-16)8-15(19)23)18(24)20-17(11)26-10-12-3-5-13(25-2)6-4-12/h3-6,9,14-16,22-23H,7-8,10H2,1-2H3/t14?,15?,16-,19+/m1/s1. The van der Waals surface area contributed by atoms with E-state index in [-0.39, 0.29) is 18.9 Å². The van der Waals surface area contributed by atoms with Crippen molar-refractivity contribution < 1.29 is 24.4 Å². The van der Waals surface area contributed by atoms with Gasteiger partial charge in [-0.3, -0.25) is 4.57 Å². The lowest BCUT2D eigenvalue weighted by molar-refractivity contribution is -0.0607. The molecule has 2 aromatic rings. The summed E-state index contributed by atoms with van der Waals surface area (Å²) in [6.07, 6.45) is 0.111. The Balaban J connectivity index is 1.48. The molecule has 2 fully saturated rings. The van der Waals surface area contributed by atoms with Crippen LogP contribution in [0, 0.1) is 6.92 Å². The lowest BCUT2D eigenvalue weighted by Gasteiger charge is -2.17. The second-order valence-corrected chi connectivity index (χ2v) is 7.05. The SMILES string of the molecule is COc1ccc(COc2nc(=O)n([C@H]3CC(O)[C@]4(CC4O)O3)cc2C)cc1. The average Bonchev–Trinajstić information content (AvgIpc) is 3.20. The fourth-order valence-corrected chi connectivity index (χ4v) is 3.45. The van der Waals surface area contributed by atoms with Crippen LogP contribution < -0.4 is 15.2 Å². The van der Waals surface area contributed by atoms with Crippen molar-refractivity contribution in [2.24, 2.45) is 0 Å². The van der Waals surface area contributed by atoms with E-state index in [9.17, 15) is 15.0 Å². The van der Waals surface area contributed by atoms with Gasteiger partial charge in [-0.1, -0.05) is 12.1 Å². The van der Waals surface area contributed by atoms with E-state index in [4.69, 9.17) is 14.2 Å². The average molecular weight is 374 g/mol. The van der Waals surface area contributed by atoms with E-state index < -0.39 is 29.7 Å². The molecule has 0 bridgehead atoms. The van der Waals surface area contributed by atoms with Gasteiger partial charge in [-0.15, -0.1) is 0 Å². The molecule has 27 heavy (non-hydrogen) atoms. The first-order valence-corrected chi connectivity index (χ1v) is 8.82.